The molecule has 10 nitrogen and oxygen atoms in total. The van der Waals surface area contributed by atoms with Gasteiger partial charge in [0.25, 0.3) is 0 Å². The fourth-order valence-electron chi connectivity index (χ4n) is 5.15. The number of alkyl carbamates (subject to hydrolysis) is 1. The highest BCUT2D eigenvalue weighted by Gasteiger charge is 2.46. The second kappa shape index (κ2) is 12.8. The lowest BCUT2D eigenvalue weighted by Gasteiger charge is -2.34. The molecule has 3 rings (SSSR count). The number of likely N-dealkylation sites (tertiary alicyclic amines) is 1. The Morgan fingerprint density at radius 1 is 1.15 bits per heavy atom. The third-order valence-corrected chi connectivity index (χ3v) is 7.59. The van der Waals surface area contributed by atoms with Crippen LogP contribution in [0.25, 0.3) is 6.08 Å². The SMILES string of the molecule is C=CCCC(C)(C)COC(=O)N[C@H](C(=O)N1C[C@H](OC(=O)N2Cc3cccc(C=C)c3C2)CC1C(=O)O)C(C)(C)C. The minimum absolute atomic E-state index is 0.0513. The molecule has 1 unspecified atom stereocenters. The fourth-order valence-corrected chi connectivity index (χ4v) is 5.15. The van der Waals surface area contributed by atoms with Crippen molar-refractivity contribution < 1.29 is 33.8 Å². The van der Waals surface area contributed by atoms with Gasteiger partial charge < -0.3 is 24.8 Å². The summed E-state index contributed by atoms with van der Waals surface area (Å²) in [6.45, 7) is 17.6. The van der Waals surface area contributed by atoms with Crippen molar-refractivity contribution in [3.63, 3.8) is 0 Å². The van der Waals surface area contributed by atoms with Gasteiger partial charge in [0.05, 0.1) is 19.7 Å². The summed E-state index contributed by atoms with van der Waals surface area (Å²) >= 11 is 0. The van der Waals surface area contributed by atoms with Crippen molar-refractivity contribution in [1.82, 2.24) is 15.1 Å². The molecule has 0 spiro atoms. The zero-order valence-corrected chi connectivity index (χ0v) is 24.8. The predicted octanol–water partition coefficient (Wildman–Crippen LogP) is 4.97. The third kappa shape index (κ3) is 7.89. The number of amides is 3. The Bertz CT molecular complexity index is 1190. The number of rotatable bonds is 10. The number of nitrogens with one attached hydrogen (secondary N) is 1. The Morgan fingerprint density at radius 3 is 2.46 bits per heavy atom. The summed E-state index contributed by atoms with van der Waals surface area (Å²) in [4.78, 5) is 54.3. The number of hydrogen-bond donors (Lipinski definition) is 2. The van der Waals surface area contributed by atoms with Crippen molar-refractivity contribution >= 4 is 30.1 Å². The Labute approximate surface area is 242 Å². The first-order valence-electron chi connectivity index (χ1n) is 13.9. The van der Waals surface area contributed by atoms with E-state index >= 15 is 0 Å². The molecule has 1 fully saturated rings. The molecule has 0 saturated carbocycles. The van der Waals surface area contributed by atoms with Crippen LogP contribution in [-0.4, -0.2) is 70.3 Å². The number of nitrogens with zero attached hydrogens (tertiary/aromatic N) is 2. The summed E-state index contributed by atoms with van der Waals surface area (Å²) in [6.07, 6.45) is 2.90. The number of carboxylic acids is 1. The topological polar surface area (TPSA) is 125 Å². The van der Waals surface area contributed by atoms with Gasteiger partial charge in [-0.2, -0.15) is 0 Å². The van der Waals surface area contributed by atoms with Gasteiger partial charge in [-0.15, -0.1) is 6.58 Å². The molecule has 2 heterocycles. The van der Waals surface area contributed by atoms with E-state index in [1.165, 1.54) is 4.90 Å². The zero-order chi connectivity index (χ0) is 30.5. The van der Waals surface area contributed by atoms with Crippen LogP contribution in [0.5, 0.6) is 0 Å². The van der Waals surface area contributed by atoms with Crippen molar-refractivity contribution in [2.45, 2.75) is 85.2 Å². The molecular formula is C31H43N3O7. The maximum Gasteiger partial charge on any atom is 0.410 e. The van der Waals surface area contributed by atoms with E-state index in [0.29, 0.717) is 13.1 Å². The standard InChI is InChI=1S/C31H43N3O7/c1-8-10-14-31(6,7)19-40-28(38)32-25(30(3,4)5)26(35)34-17-22(15-24(34)27(36)37)41-29(39)33-16-21-13-11-12-20(9-2)23(21)18-33/h8-9,11-13,22,24-25H,1-2,10,14-19H2,3-7H3,(H,32,38)(H,36,37)/t22-,24?,25-/m1/s1. The van der Waals surface area contributed by atoms with Crippen LogP contribution in [0.4, 0.5) is 9.59 Å². The number of fused-ring (bicyclic) bond motifs is 1. The largest absolute Gasteiger partial charge is 0.480 e. The average Bonchev–Trinajstić information content (AvgIpc) is 3.53. The van der Waals surface area contributed by atoms with Crippen LogP contribution < -0.4 is 5.32 Å². The van der Waals surface area contributed by atoms with Crippen molar-refractivity contribution in [2.24, 2.45) is 10.8 Å². The minimum atomic E-state index is -1.21. The normalized spacial score (nSPS) is 19.2. The van der Waals surface area contributed by atoms with E-state index in [0.717, 1.165) is 29.5 Å². The summed E-state index contributed by atoms with van der Waals surface area (Å²) in [5, 5.41) is 12.6. The molecule has 3 amide bonds. The summed E-state index contributed by atoms with van der Waals surface area (Å²) in [7, 11) is 0. The molecule has 1 aromatic carbocycles. The molecule has 0 aliphatic carbocycles. The summed E-state index contributed by atoms with van der Waals surface area (Å²) in [6, 6.07) is 3.51. The van der Waals surface area contributed by atoms with Gasteiger partial charge in [0, 0.05) is 13.0 Å². The number of allylic oxidation sites excluding steroid dienone is 1. The predicted molar refractivity (Wildman–Crippen MR) is 155 cm³/mol. The van der Waals surface area contributed by atoms with Crippen molar-refractivity contribution in [3.05, 3.63) is 54.1 Å². The first-order valence-corrected chi connectivity index (χ1v) is 13.9. The van der Waals surface area contributed by atoms with Gasteiger partial charge in [0.1, 0.15) is 18.2 Å². The Hall–Kier alpha value is -3.82. The molecule has 2 N–H and O–H groups in total. The first-order chi connectivity index (χ1) is 19.2. The van der Waals surface area contributed by atoms with Crippen molar-refractivity contribution in [1.29, 1.82) is 0 Å². The quantitative estimate of drug-likeness (QED) is 0.381. The van der Waals surface area contributed by atoms with Crippen molar-refractivity contribution in [2.75, 3.05) is 13.2 Å². The van der Waals surface area contributed by atoms with Gasteiger partial charge in [0.15, 0.2) is 0 Å². The van der Waals surface area contributed by atoms with Crippen LogP contribution in [0.15, 0.2) is 37.4 Å². The van der Waals surface area contributed by atoms with Crippen LogP contribution in [0.3, 0.4) is 0 Å². The van der Waals surface area contributed by atoms with Crippen LogP contribution in [0.2, 0.25) is 0 Å². The van der Waals surface area contributed by atoms with Crippen molar-refractivity contribution in [3.8, 4) is 0 Å². The summed E-state index contributed by atoms with van der Waals surface area (Å²) < 4.78 is 11.1. The van der Waals surface area contributed by atoms with Crippen LogP contribution in [0, 0.1) is 10.8 Å². The summed E-state index contributed by atoms with van der Waals surface area (Å²) in [5.74, 6) is -1.78. The monoisotopic (exact) mass is 569 g/mol. The molecule has 2 aliphatic heterocycles. The smallest absolute Gasteiger partial charge is 0.410 e. The van der Waals surface area contributed by atoms with Gasteiger partial charge in [-0.25, -0.2) is 14.4 Å². The maximum absolute atomic E-state index is 13.7. The van der Waals surface area contributed by atoms with E-state index in [-0.39, 0.29) is 25.0 Å². The van der Waals surface area contributed by atoms with E-state index in [9.17, 15) is 24.3 Å². The molecular weight excluding hydrogens is 526 g/mol. The molecule has 10 heteroatoms. The lowest BCUT2D eigenvalue weighted by Crippen LogP contribution is -2.57. The van der Waals surface area contributed by atoms with Gasteiger partial charge in [-0.3, -0.25) is 9.69 Å². The van der Waals surface area contributed by atoms with Gasteiger partial charge in [0.2, 0.25) is 5.91 Å². The fraction of sp³-hybridized carbons (Fsp3) is 0.548. The Kier molecular flexibility index (Phi) is 9.89. The highest BCUT2D eigenvalue weighted by molar-refractivity contribution is 5.90. The molecule has 1 aromatic rings. The van der Waals surface area contributed by atoms with E-state index in [1.54, 1.807) is 37.8 Å². The molecule has 0 radical (unpaired) electrons. The highest BCUT2D eigenvalue weighted by atomic mass is 16.6. The molecule has 3 atom stereocenters. The van der Waals surface area contributed by atoms with Gasteiger partial charge >= 0.3 is 18.2 Å². The molecule has 1 saturated heterocycles. The zero-order valence-electron chi connectivity index (χ0n) is 24.8. The van der Waals surface area contributed by atoms with E-state index in [1.807, 2.05) is 32.0 Å². The molecule has 2 aliphatic rings. The number of carboxylic acid groups (broad SMARTS) is 1. The maximum atomic E-state index is 13.7. The number of aliphatic carboxylic acids is 1. The lowest BCUT2D eigenvalue weighted by molar-refractivity contribution is -0.150. The van der Waals surface area contributed by atoms with E-state index < -0.39 is 47.7 Å². The van der Waals surface area contributed by atoms with Crippen LogP contribution in [0.1, 0.15) is 70.6 Å². The number of hydrogen-bond acceptors (Lipinski definition) is 6. The second-order valence-electron chi connectivity index (χ2n) is 12.6. The molecule has 0 aromatic heterocycles. The average molecular weight is 570 g/mol. The van der Waals surface area contributed by atoms with Gasteiger partial charge in [-0.05, 0) is 40.4 Å². The number of ether oxygens (including phenoxy) is 2. The molecule has 224 valence electrons. The minimum Gasteiger partial charge on any atom is -0.480 e. The van der Waals surface area contributed by atoms with E-state index in [2.05, 4.69) is 18.5 Å². The molecule has 41 heavy (non-hydrogen) atoms. The first kappa shape index (κ1) is 31.7. The Morgan fingerprint density at radius 2 is 1.85 bits per heavy atom. The highest BCUT2D eigenvalue weighted by Crippen LogP contribution is 2.30. The van der Waals surface area contributed by atoms with Crippen LogP contribution in [-0.2, 0) is 32.2 Å². The summed E-state index contributed by atoms with van der Waals surface area (Å²) in [5.41, 5.74) is 1.91. The number of benzene rings is 1. The third-order valence-electron chi connectivity index (χ3n) is 7.59. The Balaban J connectivity index is 1.67. The lowest BCUT2D eigenvalue weighted by atomic mass is 9.85. The number of carbonyl (C=O) groups excluding carboxylic acids is 3. The molecule has 0 bridgehead atoms. The van der Waals surface area contributed by atoms with Crippen LogP contribution >= 0.6 is 0 Å². The second-order valence-corrected chi connectivity index (χ2v) is 12.6. The van der Waals surface area contributed by atoms with E-state index in [4.69, 9.17) is 9.47 Å². The number of carbonyl (C=O) groups is 4. The van der Waals surface area contributed by atoms with Gasteiger partial charge in [-0.1, -0.05) is 71.5 Å².